The molecule has 3 aromatic rings. The highest BCUT2D eigenvalue weighted by Gasteiger charge is 2.19. The van der Waals surface area contributed by atoms with Crippen molar-refractivity contribution in [1.82, 2.24) is 9.55 Å². The van der Waals surface area contributed by atoms with Crippen molar-refractivity contribution in [2.24, 2.45) is 0 Å². The summed E-state index contributed by atoms with van der Waals surface area (Å²) in [5.41, 5.74) is 3.30. The normalized spacial score (nSPS) is 13.0. The lowest BCUT2D eigenvalue weighted by Crippen LogP contribution is -2.09. The van der Waals surface area contributed by atoms with E-state index in [0.717, 1.165) is 22.6 Å². The van der Waals surface area contributed by atoms with Gasteiger partial charge in [0, 0.05) is 0 Å². The molecule has 0 saturated carbocycles. The number of rotatable bonds is 3. The monoisotopic (exact) mass is 274 g/mol. The predicted molar refractivity (Wildman–Crippen MR) is 76.5 cm³/mol. The zero-order chi connectivity index (χ0) is 13.4. The average molecular weight is 275 g/mol. The maximum Gasteiger partial charge on any atom is 0.126 e. The van der Waals surface area contributed by atoms with Crippen LogP contribution in [0.2, 0.25) is 0 Å². The second-order valence-electron chi connectivity index (χ2n) is 4.67. The Kier molecular flexibility index (Phi) is 3.07. The van der Waals surface area contributed by atoms with Gasteiger partial charge in [-0.2, -0.15) is 0 Å². The highest BCUT2D eigenvalue weighted by molar-refractivity contribution is 6.16. The van der Waals surface area contributed by atoms with Crippen LogP contribution in [0.15, 0.2) is 41.0 Å². The van der Waals surface area contributed by atoms with Crippen LogP contribution in [0, 0.1) is 6.92 Å². The Labute approximate surface area is 116 Å². The molecule has 0 N–H and O–H groups in total. The summed E-state index contributed by atoms with van der Waals surface area (Å²) in [5, 5.41) is 0. The number of halogens is 1. The number of alkyl halides is 1. The van der Waals surface area contributed by atoms with Crippen LogP contribution >= 0.6 is 11.6 Å². The Balaban J connectivity index is 2.26. The minimum atomic E-state index is 0.0786. The van der Waals surface area contributed by atoms with Crippen LogP contribution in [-0.4, -0.2) is 9.55 Å². The Hall–Kier alpha value is -1.74. The van der Waals surface area contributed by atoms with Crippen molar-refractivity contribution in [1.29, 1.82) is 0 Å². The highest BCUT2D eigenvalue weighted by Crippen LogP contribution is 2.28. The molecule has 0 spiro atoms. The van der Waals surface area contributed by atoms with E-state index in [1.165, 1.54) is 5.56 Å². The second kappa shape index (κ2) is 4.74. The van der Waals surface area contributed by atoms with E-state index in [9.17, 15) is 0 Å². The molecule has 1 unspecified atom stereocenters. The van der Waals surface area contributed by atoms with Gasteiger partial charge in [0.15, 0.2) is 0 Å². The van der Waals surface area contributed by atoms with Crippen LogP contribution in [0.4, 0.5) is 0 Å². The lowest BCUT2D eigenvalue weighted by Gasteiger charge is -2.15. The van der Waals surface area contributed by atoms with E-state index in [1.807, 2.05) is 24.3 Å². The first-order chi connectivity index (χ1) is 9.22. The van der Waals surface area contributed by atoms with Gasteiger partial charge in [-0.3, -0.25) is 0 Å². The fourth-order valence-electron chi connectivity index (χ4n) is 2.54. The molecular formula is C15H15ClN2O. The van der Waals surface area contributed by atoms with Gasteiger partial charge in [-0.05, 0) is 37.6 Å². The lowest BCUT2D eigenvalue weighted by atomic mass is 10.2. The van der Waals surface area contributed by atoms with Gasteiger partial charge in [-0.1, -0.05) is 12.1 Å². The van der Waals surface area contributed by atoms with Crippen LogP contribution < -0.4 is 0 Å². The molecule has 0 amide bonds. The number of furan rings is 1. The molecule has 0 saturated heterocycles. The Morgan fingerprint density at radius 1 is 1.32 bits per heavy atom. The third-order valence-corrected chi connectivity index (χ3v) is 3.69. The Morgan fingerprint density at radius 3 is 2.84 bits per heavy atom. The summed E-state index contributed by atoms with van der Waals surface area (Å²) in [6.07, 6.45) is 1.69. The van der Waals surface area contributed by atoms with E-state index in [2.05, 4.69) is 29.5 Å². The van der Waals surface area contributed by atoms with E-state index >= 15 is 0 Å². The first-order valence-electron chi connectivity index (χ1n) is 6.28. The summed E-state index contributed by atoms with van der Waals surface area (Å²) < 4.78 is 7.68. The molecule has 0 aliphatic carbocycles. The van der Waals surface area contributed by atoms with Crippen molar-refractivity contribution in [3.63, 3.8) is 0 Å². The van der Waals surface area contributed by atoms with Crippen LogP contribution in [-0.2, 0) is 5.88 Å². The molecule has 0 aliphatic heterocycles. The molecule has 1 atom stereocenters. The maximum absolute atomic E-state index is 6.05. The number of aromatic nitrogens is 2. The predicted octanol–water partition coefficient (Wildman–Crippen LogP) is 4.29. The first-order valence-corrected chi connectivity index (χ1v) is 6.81. The van der Waals surface area contributed by atoms with E-state index in [0.29, 0.717) is 5.88 Å². The smallest absolute Gasteiger partial charge is 0.126 e. The number of hydrogen-bond donors (Lipinski definition) is 0. The van der Waals surface area contributed by atoms with Gasteiger partial charge < -0.3 is 8.98 Å². The summed E-state index contributed by atoms with van der Waals surface area (Å²) >= 11 is 6.05. The highest BCUT2D eigenvalue weighted by atomic mass is 35.5. The maximum atomic E-state index is 6.05. The Morgan fingerprint density at radius 2 is 2.16 bits per heavy atom. The third-order valence-electron chi connectivity index (χ3n) is 3.45. The number of para-hydroxylation sites is 1. The Bertz CT molecular complexity index is 700. The largest absolute Gasteiger partial charge is 0.467 e. The van der Waals surface area contributed by atoms with Crippen LogP contribution in [0.3, 0.4) is 0 Å². The summed E-state index contributed by atoms with van der Waals surface area (Å²) in [5.74, 6) is 2.17. The number of nitrogens with zero attached hydrogens (tertiary/aromatic N) is 2. The SMILES string of the molecule is Cc1cccc2nc(CCl)n(C(C)c3ccco3)c12. The van der Waals surface area contributed by atoms with Crippen molar-refractivity contribution >= 4 is 22.6 Å². The third kappa shape index (κ3) is 1.94. The number of fused-ring (bicyclic) bond motifs is 1. The van der Waals surface area contributed by atoms with Crippen molar-refractivity contribution in [2.45, 2.75) is 25.8 Å². The van der Waals surface area contributed by atoms with E-state index in [4.69, 9.17) is 16.0 Å². The van der Waals surface area contributed by atoms with E-state index in [-0.39, 0.29) is 6.04 Å². The lowest BCUT2D eigenvalue weighted by molar-refractivity contribution is 0.446. The molecule has 19 heavy (non-hydrogen) atoms. The molecule has 4 heteroatoms. The fourth-order valence-corrected chi connectivity index (χ4v) is 2.73. The van der Waals surface area contributed by atoms with Gasteiger partial charge in [-0.15, -0.1) is 11.6 Å². The molecule has 3 nitrogen and oxygen atoms in total. The quantitative estimate of drug-likeness (QED) is 0.667. The topological polar surface area (TPSA) is 31.0 Å². The summed E-state index contributed by atoms with van der Waals surface area (Å²) in [4.78, 5) is 4.61. The van der Waals surface area contributed by atoms with Crippen LogP contribution in [0.1, 0.15) is 30.1 Å². The zero-order valence-electron chi connectivity index (χ0n) is 10.9. The fraction of sp³-hybridized carbons (Fsp3) is 0.267. The molecule has 2 heterocycles. The zero-order valence-corrected chi connectivity index (χ0v) is 11.7. The molecule has 0 aliphatic rings. The molecular weight excluding hydrogens is 260 g/mol. The number of hydrogen-bond acceptors (Lipinski definition) is 2. The number of benzene rings is 1. The summed E-state index contributed by atoms with van der Waals surface area (Å²) in [6.45, 7) is 4.19. The van der Waals surface area contributed by atoms with E-state index < -0.39 is 0 Å². The summed E-state index contributed by atoms with van der Waals surface area (Å²) in [7, 11) is 0. The average Bonchev–Trinajstić information content (AvgIpc) is 3.05. The molecule has 0 fully saturated rings. The van der Waals surface area contributed by atoms with Gasteiger partial charge in [-0.25, -0.2) is 4.98 Å². The standard InChI is InChI=1S/C15H15ClN2O/c1-10-5-3-6-12-15(10)18(14(9-16)17-12)11(2)13-7-4-8-19-13/h3-8,11H,9H2,1-2H3. The number of imidazole rings is 1. The number of aryl methyl sites for hydroxylation is 1. The van der Waals surface area contributed by atoms with Crippen LogP contribution in [0.5, 0.6) is 0 Å². The minimum Gasteiger partial charge on any atom is -0.467 e. The van der Waals surface area contributed by atoms with Gasteiger partial charge in [0.1, 0.15) is 11.6 Å². The molecule has 98 valence electrons. The molecule has 2 aromatic heterocycles. The van der Waals surface area contributed by atoms with Crippen molar-refractivity contribution in [2.75, 3.05) is 0 Å². The van der Waals surface area contributed by atoms with Crippen molar-refractivity contribution < 1.29 is 4.42 Å². The van der Waals surface area contributed by atoms with E-state index in [1.54, 1.807) is 6.26 Å². The van der Waals surface area contributed by atoms with Crippen LogP contribution in [0.25, 0.3) is 11.0 Å². The summed E-state index contributed by atoms with van der Waals surface area (Å²) in [6, 6.07) is 10.1. The van der Waals surface area contributed by atoms with Gasteiger partial charge in [0.05, 0.1) is 29.2 Å². The molecule has 0 bridgehead atoms. The van der Waals surface area contributed by atoms with Gasteiger partial charge in [0.2, 0.25) is 0 Å². The molecule has 1 aromatic carbocycles. The minimum absolute atomic E-state index is 0.0786. The van der Waals surface area contributed by atoms with Gasteiger partial charge in [0.25, 0.3) is 0 Å². The van der Waals surface area contributed by atoms with Gasteiger partial charge >= 0.3 is 0 Å². The van der Waals surface area contributed by atoms with Crippen molar-refractivity contribution in [3.05, 3.63) is 53.7 Å². The van der Waals surface area contributed by atoms with Crippen molar-refractivity contribution in [3.8, 4) is 0 Å². The molecule has 3 rings (SSSR count). The second-order valence-corrected chi connectivity index (χ2v) is 4.93. The first kappa shape index (κ1) is 12.3. The molecule has 0 radical (unpaired) electrons.